The van der Waals surface area contributed by atoms with Crippen molar-refractivity contribution in [2.45, 2.75) is 46.5 Å². The Balaban J connectivity index is 0.000001000. The number of rotatable bonds is 2. The van der Waals surface area contributed by atoms with Crippen LogP contribution in [0.4, 0.5) is 0 Å². The van der Waals surface area contributed by atoms with Crippen molar-refractivity contribution < 1.29 is 5.11 Å². The largest absolute Gasteiger partial charge is 0.396 e. The van der Waals surface area contributed by atoms with Gasteiger partial charge in [0.25, 0.3) is 0 Å². The van der Waals surface area contributed by atoms with Crippen molar-refractivity contribution in [2.75, 3.05) is 6.61 Å². The van der Waals surface area contributed by atoms with E-state index in [4.69, 9.17) is 5.11 Å². The minimum atomic E-state index is 0. The van der Waals surface area contributed by atoms with Gasteiger partial charge in [-0.15, -0.1) is 0 Å². The topological polar surface area (TPSA) is 20.2 Å². The first kappa shape index (κ1) is 11.0. The molecule has 0 radical (unpaired) electrons. The summed E-state index contributed by atoms with van der Waals surface area (Å²) in [6.45, 7) is 2.68. The Hall–Kier alpha value is -0.0400. The van der Waals surface area contributed by atoms with Crippen LogP contribution < -0.4 is 0 Å². The molecule has 1 N–H and O–H groups in total. The van der Waals surface area contributed by atoms with Gasteiger partial charge in [-0.3, -0.25) is 0 Å². The van der Waals surface area contributed by atoms with Crippen LogP contribution in [-0.2, 0) is 0 Å². The van der Waals surface area contributed by atoms with Crippen molar-refractivity contribution in [1.82, 2.24) is 0 Å². The molecule has 0 spiro atoms. The normalized spacial score (nSPS) is 31.1. The molecule has 0 heterocycles. The third-order valence-corrected chi connectivity index (χ3v) is 2.80. The standard InChI is InChI=1S/C9H18O.CH4/c1-2-8-3-5-9(7-10)6-4-8;/h8-10H,2-7H2,1H3;1H4. The van der Waals surface area contributed by atoms with E-state index in [2.05, 4.69) is 6.92 Å². The van der Waals surface area contributed by atoms with Crippen LogP contribution in [0.3, 0.4) is 0 Å². The Kier molecular flexibility index (Phi) is 5.57. The summed E-state index contributed by atoms with van der Waals surface area (Å²) in [7, 11) is 0. The first-order valence-electron chi connectivity index (χ1n) is 4.47. The number of hydrogen-bond donors (Lipinski definition) is 1. The first-order chi connectivity index (χ1) is 4.86. The van der Waals surface area contributed by atoms with Gasteiger partial charge in [0.2, 0.25) is 0 Å². The average Bonchev–Trinajstić information content (AvgIpc) is 2.05. The zero-order chi connectivity index (χ0) is 7.40. The van der Waals surface area contributed by atoms with E-state index in [1.807, 2.05) is 0 Å². The molecule has 0 aromatic heterocycles. The lowest BCUT2D eigenvalue weighted by molar-refractivity contribution is 0.166. The Labute approximate surface area is 70.8 Å². The predicted molar refractivity (Wildman–Crippen MR) is 49.6 cm³/mol. The van der Waals surface area contributed by atoms with E-state index in [-0.39, 0.29) is 7.43 Å². The van der Waals surface area contributed by atoms with E-state index in [0.29, 0.717) is 12.5 Å². The lowest BCUT2D eigenvalue weighted by Crippen LogP contribution is -2.16. The SMILES string of the molecule is C.CCC1CCC(CO)CC1. The second-order valence-corrected chi connectivity index (χ2v) is 3.48. The molecule has 1 saturated carbocycles. The van der Waals surface area contributed by atoms with Crippen LogP contribution in [0.2, 0.25) is 0 Å². The highest BCUT2D eigenvalue weighted by Gasteiger charge is 2.18. The third kappa shape index (κ3) is 3.24. The Bertz CT molecular complexity index is 70.9. The van der Waals surface area contributed by atoms with Gasteiger partial charge in [-0.2, -0.15) is 0 Å². The van der Waals surface area contributed by atoms with Crippen molar-refractivity contribution >= 4 is 0 Å². The minimum Gasteiger partial charge on any atom is -0.396 e. The number of aliphatic hydroxyl groups excluding tert-OH is 1. The lowest BCUT2D eigenvalue weighted by Gasteiger charge is -2.26. The highest BCUT2D eigenvalue weighted by atomic mass is 16.3. The monoisotopic (exact) mass is 158 g/mol. The Morgan fingerprint density at radius 3 is 1.91 bits per heavy atom. The highest BCUT2D eigenvalue weighted by Crippen LogP contribution is 2.29. The molecule has 0 aliphatic heterocycles. The lowest BCUT2D eigenvalue weighted by atomic mass is 9.81. The molecule has 68 valence electrons. The smallest absolute Gasteiger partial charge is 0.0459 e. The molecular formula is C10H22O. The zero-order valence-corrected chi connectivity index (χ0v) is 6.84. The van der Waals surface area contributed by atoms with Crippen molar-refractivity contribution in [3.05, 3.63) is 0 Å². The number of hydrogen-bond acceptors (Lipinski definition) is 1. The first-order valence-corrected chi connectivity index (χ1v) is 4.47. The maximum atomic E-state index is 8.85. The van der Waals surface area contributed by atoms with Crippen molar-refractivity contribution in [1.29, 1.82) is 0 Å². The summed E-state index contributed by atoms with van der Waals surface area (Å²) >= 11 is 0. The van der Waals surface area contributed by atoms with Crippen LogP contribution >= 0.6 is 0 Å². The Morgan fingerprint density at radius 1 is 1.09 bits per heavy atom. The van der Waals surface area contributed by atoms with E-state index in [9.17, 15) is 0 Å². The predicted octanol–water partition coefficient (Wildman–Crippen LogP) is 2.83. The number of aliphatic hydroxyl groups is 1. The Morgan fingerprint density at radius 2 is 1.55 bits per heavy atom. The van der Waals surface area contributed by atoms with Crippen molar-refractivity contribution in [2.24, 2.45) is 11.8 Å². The zero-order valence-electron chi connectivity index (χ0n) is 6.84. The van der Waals surface area contributed by atoms with Gasteiger partial charge in [-0.1, -0.05) is 33.6 Å². The molecule has 1 nitrogen and oxygen atoms in total. The van der Waals surface area contributed by atoms with Gasteiger partial charge in [0.15, 0.2) is 0 Å². The van der Waals surface area contributed by atoms with Gasteiger partial charge >= 0.3 is 0 Å². The van der Waals surface area contributed by atoms with Crippen LogP contribution in [0.25, 0.3) is 0 Å². The van der Waals surface area contributed by atoms with Crippen molar-refractivity contribution in [3.8, 4) is 0 Å². The minimum absolute atomic E-state index is 0. The molecule has 0 atom stereocenters. The molecule has 0 unspecified atom stereocenters. The maximum absolute atomic E-state index is 8.85. The van der Waals surface area contributed by atoms with E-state index in [0.717, 1.165) is 5.92 Å². The van der Waals surface area contributed by atoms with Crippen LogP contribution in [-0.4, -0.2) is 11.7 Å². The quantitative estimate of drug-likeness (QED) is 0.655. The van der Waals surface area contributed by atoms with Crippen LogP contribution in [0.1, 0.15) is 46.5 Å². The molecule has 0 saturated heterocycles. The van der Waals surface area contributed by atoms with E-state index in [1.54, 1.807) is 0 Å². The summed E-state index contributed by atoms with van der Waals surface area (Å²) in [5.74, 6) is 1.59. The highest BCUT2D eigenvalue weighted by molar-refractivity contribution is 4.70. The fourth-order valence-corrected chi connectivity index (χ4v) is 1.82. The average molecular weight is 158 g/mol. The van der Waals surface area contributed by atoms with Gasteiger partial charge in [0.1, 0.15) is 0 Å². The summed E-state index contributed by atoms with van der Waals surface area (Å²) in [6, 6.07) is 0. The second-order valence-electron chi connectivity index (χ2n) is 3.48. The van der Waals surface area contributed by atoms with Crippen molar-refractivity contribution in [3.63, 3.8) is 0 Å². The molecule has 11 heavy (non-hydrogen) atoms. The molecule has 0 aromatic carbocycles. The van der Waals surface area contributed by atoms with Crippen LogP contribution in [0.15, 0.2) is 0 Å². The fraction of sp³-hybridized carbons (Fsp3) is 1.00. The molecule has 1 fully saturated rings. The fourth-order valence-electron chi connectivity index (χ4n) is 1.82. The molecule has 0 amide bonds. The molecule has 1 aliphatic carbocycles. The molecule has 1 heteroatoms. The summed E-state index contributed by atoms with van der Waals surface area (Å²) in [6.07, 6.45) is 6.55. The van der Waals surface area contributed by atoms with Gasteiger partial charge in [0.05, 0.1) is 0 Å². The molecule has 0 aromatic rings. The van der Waals surface area contributed by atoms with Gasteiger partial charge in [0, 0.05) is 6.61 Å². The summed E-state index contributed by atoms with van der Waals surface area (Å²) in [5.41, 5.74) is 0. The van der Waals surface area contributed by atoms with E-state index >= 15 is 0 Å². The second kappa shape index (κ2) is 5.59. The van der Waals surface area contributed by atoms with E-state index < -0.39 is 0 Å². The van der Waals surface area contributed by atoms with Gasteiger partial charge in [-0.25, -0.2) is 0 Å². The molecular weight excluding hydrogens is 136 g/mol. The molecule has 0 bridgehead atoms. The summed E-state index contributed by atoms with van der Waals surface area (Å²) in [4.78, 5) is 0. The summed E-state index contributed by atoms with van der Waals surface area (Å²) < 4.78 is 0. The van der Waals surface area contributed by atoms with Crippen LogP contribution in [0.5, 0.6) is 0 Å². The van der Waals surface area contributed by atoms with Gasteiger partial charge < -0.3 is 5.11 Å². The van der Waals surface area contributed by atoms with Crippen LogP contribution in [0, 0.1) is 11.8 Å². The summed E-state index contributed by atoms with van der Waals surface area (Å²) in [5, 5.41) is 8.85. The molecule has 1 rings (SSSR count). The van der Waals surface area contributed by atoms with Gasteiger partial charge in [-0.05, 0) is 24.7 Å². The maximum Gasteiger partial charge on any atom is 0.0459 e. The third-order valence-electron chi connectivity index (χ3n) is 2.80. The van der Waals surface area contributed by atoms with E-state index in [1.165, 1.54) is 32.1 Å². The molecule has 1 aliphatic rings.